The molecule has 1 atom stereocenters. The van der Waals surface area contributed by atoms with E-state index in [-0.39, 0.29) is 22.8 Å². The van der Waals surface area contributed by atoms with E-state index >= 15 is 4.39 Å². The number of nitrogens with zero attached hydrogens (tertiary/aromatic N) is 5. The largest absolute Gasteiger partial charge is 0.493 e. The number of likely N-dealkylation sites (tertiary alicyclic amines) is 1. The minimum Gasteiger partial charge on any atom is -0.493 e. The molecule has 3 aromatic rings. The van der Waals surface area contributed by atoms with Crippen LogP contribution < -0.4 is 4.74 Å². The van der Waals surface area contributed by atoms with Gasteiger partial charge in [0.25, 0.3) is 0 Å². The molecular formula is C21H25ClFN5O. The van der Waals surface area contributed by atoms with Gasteiger partial charge in [-0.2, -0.15) is 5.10 Å². The summed E-state index contributed by atoms with van der Waals surface area (Å²) in [7, 11) is 0. The molecule has 29 heavy (non-hydrogen) atoms. The summed E-state index contributed by atoms with van der Waals surface area (Å²) in [6.07, 6.45) is 3.26. The van der Waals surface area contributed by atoms with E-state index in [1.807, 2.05) is 25.5 Å². The van der Waals surface area contributed by atoms with Crippen molar-refractivity contribution < 1.29 is 9.13 Å². The first-order chi connectivity index (χ1) is 14.0. The third-order valence-corrected chi connectivity index (χ3v) is 5.98. The van der Waals surface area contributed by atoms with Crippen LogP contribution in [-0.2, 0) is 0 Å². The van der Waals surface area contributed by atoms with Gasteiger partial charge in [0.2, 0.25) is 0 Å². The Bertz CT molecular complexity index is 1050. The zero-order valence-electron chi connectivity index (χ0n) is 17.1. The van der Waals surface area contributed by atoms with Crippen molar-refractivity contribution in [3.63, 3.8) is 0 Å². The van der Waals surface area contributed by atoms with Gasteiger partial charge in [-0.25, -0.2) is 19.0 Å². The minimum atomic E-state index is -0.379. The molecule has 0 radical (unpaired) electrons. The maximum Gasteiger partial charge on any atom is 0.161 e. The van der Waals surface area contributed by atoms with Crippen molar-refractivity contribution in [2.24, 2.45) is 0 Å². The summed E-state index contributed by atoms with van der Waals surface area (Å²) in [4.78, 5) is 10.8. The molecule has 4 rings (SSSR count). The van der Waals surface area contributed by atoms with E-state index in [2.05, 4.69) is 26.9 Å². The molecule has 8 heteroatoms. The quantitative estimate of drug-likeness (QED) is 0.596. The monoisotopic (exact) mass is 417 g/mol. The Morgan fingerprint density at radius 1 is 1.34 bits per heavy atom. The van der Waals surface area contributed by atoms with Crippen molar-refractivity contribution in [2.45, 2.75) is 39.7 Å². The first-order valence-electron chi connectivity index (χ1n) is 9.97. The van der Waals surface area contributed by atoms with Gasteiger partial charge in [0.1, 0.15) is 17.9 Å². The lowest BCUT2D eigenvalue weighted by Gasteiger charge is -2.40. The average Bonchev–Trinajstić information content (AvgIpc) is 3.02. The van der Waals surface area contributed by atoms with Crippen molar-refractivity contribution in [1.82, 2.24) is 24.6 Å². The SMILES string of the molecule is CCOc1c(C(C)n2nc(C)c3cncnc32)cc(Cl)c(F)c1C1CN(CC)C1. The van der Waals surface area contributed by atoms with E-state index < -0.39 is 0 Å². The van der Waals surface area contributed by atoms with Gasteiger partial charge < -0.3 is 9.64 Å². The number of hydrogen-bond acceptors (Lipinski definition) is 5. The predicted molar refractivity (Wildman–Crippen MR) is 111 cm³/mol. The Labute approximate surface area is 174 Å². The summed E-state index contributed by atoms with van der Waals surface area (Å²) in [5.74, 6) is 0.272. The molecule has 0 bridgehead atoms. The highest BCUT2D eigenvalue weighted by molar-refractivity contribution is 6.31. The number of benzene rings is 1. The predicted octanol–water partition coefficient (Wildman–Crippen LogP) is 4.35. The molecule has 0 saturated carbocycles. The van der Waals surface area contributed by atoms with Gasteiger partial charge in [-0.1, -0.05) is 18.5 Å². The van der Waals surface area contributed by atoms with Gasteiger partial charge in [0.15, 0.2) is 5.65 Å². The molecule has 3 heterocycles. The standard InChI is InChI=1S/C21H25ClFN5O/c1-5-27-9-14(10-27)18-19(23)17(22)7-15(20(18)29-6-2)13(4)28-21-16(12(3)26-28)8-24-11-25-21/h7-8,11,13-14H,5-6,9-10H2,1-4H3. The highest BCUT2D eigenvalue weighted by atomic mass is 35.5. The Hall–Kier alpha value is -2.25. The average molecular weight is 418 g/mol. The maximum atomic E-state index is 15.1. The van der Waals surface area contributed by atoms with Crippen LogP contribution in [0.2, 0.25) is 5.02 Å². The van der Waals surface area contributed by atoms with Crippen LogP contribution in [0, 0.1) is 12.7 Å². The van der Waals surface area contributed by atoms with Gasteiger partial charge in [-0.15, -0.1) is 0 Å². The smallest absolute Gasteiger partial charge is 0.161 e. The third-order valence-electron chi connectivity index (χ3n) is 5.71. The van der Waals surface area contributed by atoms with E-state index in [0.717, 1.165) is 41.9 Å². The number of likely N-dealkylation sites (N-methyl/N-ethyl adjacent to an activating group) is 1. The Morgan fingerprint density at radius 3 is 2.79 bits per heavy atom. The summed E-state index contributed by atoms with van der Waals surface area (Å²) >= 11 is 6.34. The number of aromatic nitrogens is 4. The Kier molecular flexibility index (Phi) is 5.44. The van der Waals surface area contributed by atoms with E-state index in [9.17, 15) is 0 Å². The highest BCUT2D eigenvalue weighted by Crippen LogP contribution is 2.43. The fraction of sp³-hybridized carbons (Fsp3) is 0.476. The van der Waals surface area contributed by atoms with Crippen LogP contribution in [0.1, 0.15) is 49.6 Å². The number of hydrogen-bond donors (Lipinski definition) is 0. The highest BCUT2D eigenvalue weighted by Gasteiger charge is 2.35. The van der Waals surface area contributed by atoms with E-state index in [4.69, 9.17) is 16.3 Å². The Balaban J connectivity index is 1.85. The lowest BCUT2D eigenvalue weighted by atomic mass is 9.87. The first-order valence-corrected chi connectivity index (χ1v) is 10.4. The van der Waals surface area contributed by atoms with Crippen LogP contribution in [0.25, 0.3) is 11.0 Å². The topological polar surface area (TPSA) is 56.1 Å². The summed E-state index contributed by atoms with van der Waals surface area (Å²) < 4.78 is 23.0. The normalized spacial score (nSPS) is 16.2. The van der Waals surface area contributed by atoms with Crippen LogP contribution in [0.3, 0.4) is 0 Å². The van der Waals surface area contributed by atoms with E-state index in [1.165, 1.54) is 6.33 Å². The molecule has 1 aliphatic rings. The molecule has 1 saturated heterocycles. The molecular weight excluding hydrogens is 393 g/mol. The van der Waals surface area contributed by atoms with Crippen molar-refractivity contribution in [2.75, 3.05) is 26.2 Å². The number of rotatable bonds is 6. The second-order valence-electron chi connectivity index (χ2n) is 7.45. The lowest BCUT2D eigenvalue weighted by molar-refractivity contribution is 0.151. The van der Waals surface area contributed by atoms with Gasteiger partial charge >= 0.3 is 0 Å². The molecule has 0 amide bonds. The molecule has 1 aliphatic heterocycles. The number of ether oxygens (including phenoxy) is 1. The van der Waals surface area contributed by atoms with Gasteiger partial charge in [0, 0.05) is 36.3 Å². The number of fused-ring (bicyclic) bond motifs is 1. The zero-order valence-corrected chi connectivity index (χ0v) is 17.9. The van der Waals surface area contributed by atoms with Crippen molar-refractivity contribution in [1.29, 1.82) is 0 Å². The zero-order chi connectivity index (χ0) is 20.7. The maximum absolute atomic E-state index is 15.1. The molecule has 0 aliphatic carbocycles. The first kappa shape index (κ1) is 20.0. The summed E-state index contributed by atoms with van der Waals surface area (Å²) in [6.45, 7) is 10.9. The van der Waals surface area contributed by atoms with E-state index in [1.54, 1.807) is 12.3 Å². The van der Waals surface area contributed by atoms with Crippen LogP contribution in [-0.4, -0.2) is 50.9 Å². The fourth-order valence-corrected chi connectivity index (χ4v) is 4.29. The molecule has 0 spiro atoms. The minimum absolute atomic E-state index is 0.0691. The molecule has 1 unspecified atom stereocenters. The fourth-order valence-electron chi connectivity index (χ4n) is 4.07. The lowest BCUT2D eigenvalue weighted by Crippen LogP contribution is -2.45. The molecule has 6 nitrogen and oxygen atoms in total. The number of aryl methyl sites for hydroxylation is 1. The van der Waals surface area contributed by atoms with E-state index in [0.29, 0.717) is 17.9 Å². The molecule has 0 N–H and O–H groups in total. The number of halogens is 2. The van der Waals surface area contributed by atoms with Crippen LogP contribution in [0.4, 0.5) is 4.39 Å². The summed E-state index contributed by atoms with van der Waals surface area (Å²) in [5, 5.41) is 5.67. The third kappa shape index (κ3) is 3.36. The molecule has 2 aromatic heterocycles. The molecule has 1 fully saturated rings. The summed E-state index contributed by atoms with van der Waals surface area (Å²) in [5.41, 5.74) is 2.96. The van der Waals surface area contributed by atoms with Gasteiger partial charge in [-0.3, -0.25) is 0 Å². The molecule has 1 aromatic carbocycles. The van der Waals surface area contributed by atoms with Gasteiger partial charge in [0.05, 0.1) is 28.8 Å². The van der Waals surface area contributed by atoms with Crippen LogP contribution in [0.15, 0.2) is 18.6 Å². The van der Waals surface area contributed by atoms with Crippen molar-refractivity contribution in [3.8, 4) is 5.75 Å². The van der Waals surface area contributed by atoms with Crippen LogP contribution in [0.5, 0.6) is 5.75 Å². The van der Waals surface area contributed by atoms with Crippen molar-refractivity contribution in [3.05, 3.63) is 46.3 Å². The molecule has 154 valence electrons. The Morgan fingerprint density at radius 2 is 2.10 bits per heavy atom. The van der Waals surface area contributed by atoms with Crippen molar-refractivity contribution >= 4 is 22.6 Å². The van der Waals surface area contributed by atoms with Gasteiger partial charge in [-0.05, 0) is 33.4 Å². The second kappa shape index (κ2) is 7.88. The second-order valence-corrected chi connectivity index (χ2v) is 7.86. The summed E-state index contributed by atoms with van der Waals surface area (Å²) in [6, 6.07) is 1.43. The van der Waals surface area contributed by atoms with Crippen LogP contribution >= 0.6 is 11.6 Å².